The van der Waals surface area contributed by atoms with Crippen molar-refractivity contribution in [2.75, 3.05) is 7.11 Å². The van der Waals surface area contributed by atoms with Gasteiger partial charge in [-0.3, -0.25) is 0 Å². The van der Waals surface area contributed by atoms with Gasteiger partial charge in [-0.15, -0.1) is 20.4 Å². The maximum atomic E-state index is 9.68. The number of benzene rings is 8. The summed E-state index contributed by atoms with van der Waals surface area (Å²) in [7, 11) is 1.64. The molecule has 10 nitrogen and oxygen atoms in total. The molecule has 0 aliphatic heterocycles. The van der Waals surface area contributed by atoms with E-state index in [-0.39, 0.29) is 5.75 Å². The third-order valence-electron chi connectivity index (χ3n) is 11.2. The normalized spacial score (nSPS) is 11.3. The van der Waals surface area contributed by atoms with Crippen molar-refractivity contribution in [2.24, 2.45) is 0 Å². The minimum absolute atomic E-state index is 0.160. The third kappa shape index (κ3) is 6.81. The second-order valence-corrected chi connectivity index (χ2v) is 14.9. The first-order valence-electron chi connectivity index (χ1n) is 20.4. The monoisotopic (exact) mass is 820 g/mol. The van der Waals surface area contributed by atoms with Gasteiger partial charge < -0.3 is 27.8 Å². The predicted molar refractivity (Wildman–Crippen MR) is 247 cm³/mol. The summed E-state index contributed by atoms with van der Waals surface area (Å²) in [5.74, 6) is 2.66. The zero-order valence-corrected chi connectivity index (χ0v) is 33.8. The number of fused-ring (bicyclic) bond motifs is 6. The Morgan fingerprint density at radius 3 is 1.14 bits per heavy atom. The van der Waals surface area contributed by atoms with Crippen molar-refractivity contribution in [3.05, 3.63) is 194 Å². The highest BCUT2D eigenvalue weighted by Gasteiger charge is 2.16. The molecule has 8 aromatic carbocycles. The molecule has 10 heteroatoms. The maximum Gasteiger partial charge on any atom is 0.248 e. The minimum Gasteiger partial charge on any atom is -0.508 e. The van der Waals surface area contributed by atoms with Gasteiger partial charge in [-0.25, -0.2) is 0 Å². The van der Waals surface area contributed by atoms with Crippen LogP contribution in [0.25, 0.3) is 101 Å². The Balaban J connectivity index is 0.000000141. The number of para-hydroxylation sites is 4. The topological polar surface area (TPSA) is 117 Å². The largest absolute Gasteiger partial charge is 0.508 e. The molecule has 0 unspecified atom stereocenters. The summed E-state index contributed by atoms with van der Waals surface area (Å²) in [6.45, 7) is 0. The smallest absolute Gasteiger partial charge is 0.248 e. The maximum absolute atomic E-state index is 9.68. The lowest BCUT2D eigenvalue weighted by molar-refractivity contribution is 0.415. The van der Waals surface area contributed by atoms with E-state index in [0.717, 1.165) is 33.8 Å². The highest BCUT2D eigenvalue weighted by Crippen LogP contribution is 2.35. The first kappa shape index (κ1) is 37.3. The number of hydrogen-bond acceptors (Lipinski definition) is 8. The van der Waals surface area contributed by atoms with Gasteiger partial charge in [0.2, 0.25) is 23.6 Å². The number of rotatable bonds is 7. The number of aromatic nitrogens is 6. The van der Waals surface area contributed by atoms with Gasteiger partial charge in [0.05, 0.1) is 29.2 Å². The lowest BCUT2D eigenvalue weighted by atomic mass is 10.2. The minimum atomic E-state index is 0.160. The Hall–Kier alpha value is -8.76. The zero-order valence-electron chi connectivity index (χ0n) is 33.8. The lowest BCUT2D eigenvalue weighted by Gasteiger charge is -2.08. The summed E-state index contributed by atoms with van der Waals surface area (Å²) < 4.78 is 21.6. The Kier molecular flexibility index (Phi) is 9.28. The Bertz CT molecular complexity index is 3480. The molecular weight excluding hydrogens is 785 g/mol. The second-order valence-electron chi connectivity index (χ2n) is 14.9. The van der Waals surface area contributed by atoms with E-state index in [4.69, 9.17) is 13.6 Å². The van der Waals surface area contributed by atoms with Crippen LogP contribution in [-0.2, 0) is 0 Å². The number of methoxy groups -OCH3 is 1. The van der Waals surface area contributed by atoms with Crippen molar-refractivity contribution in [3.8, 4) is 68.7 Å². The molecule has 0 radical (unpaired) electrons. The molecule has 0 amide bonds. The van der Waals surface area contributed by atoms with E-state index < -0.39 is 0 Å². The average Bonchev–Trinajstić information content (AvgIpc) is 4.17. The van der Waals surface area contributed by atoms with E-state index in [1.165, 1.54) is 43.6 Å². The summed E-state index contributed by atoms with van der Waals surface area (Å²) >= 11 is 0. The van der Waals surface area contributed by atoms with Gasteiger partial charge in [0.25, 0.3) is 0 Å². The molecule has 0 aliphatic rings. The molecule has 0 aliphatic carbocycles. The molecule has 0 saturated carbocycles. The summed E-state index contributed by atoms with van der Waals surface area (Å²) in [4.78, 5) is 0. The van der Waals surface area contributed by atoms with Crippen LogP contribution in [0.4, 0.5) is 0 Å². The highest BCUT2D eigenvalue weighted by molar-refractivity contribution is 6.10. The van der Waals surface area contributed by atoms with Gasteiger partial charge in [0, 0.05) is 55.2 Å². The summed E-state index contributed by atoms with van der Waals surface area (Å²) in [5, 5.41) is 31.4. The van der Waals surface area contributed by atoms with Gasteiger partial charge in [-0.1, -0.05) is 84.9 Å². The van der Waals surface area contributed by atoms with Crippen molar-refractivity contribution >= 4 is 43.6 Å². The Morgan fingerprint density at radius 2 is 0.746 bits per heavy atom. The number of aromatic hydroxyl groups is 1. The summed E-state index contributed by atoms with van der Waals surface area (Å²) in [5.41, 5.74) is 10.1. The molecule has 1 N–H and O–H groups in total. The van der Waals surface area contributed by atoms with E-state index in [2.05, 4.69) is 151 Å². The van der Waals surface area contributed by atoms with Crippen molar-refractivity contribution in [1.82, 2.24) is 29.5 Å². The predicted octanol–water partition coefficient (Wildman–Crippen LogP) is 12.7. The average molecular weight is 821 g/mol. The van der Waals surface area contributed by atoms with Crippen LogP contribution in [0.1, 0.15) is 0 Å². The molecule has 0 fully saturated rings. The van der Waals surface area contributed by atoms with Gasteiger partial charge in [0.1, 0.15) is 11.5 Å². The summed E-state index contributed by atoms with van der Waals surface area (Å²) in [6.07, 6.45) is 0. The van der Waals surface area contributed by atoms with Crippen LogP contribution in [0.2, 0.25) is 0 Å². The molecule has 302 valence electrons. The van der Waals surface area contributed by atoms with Gasteiger partial charge in [-0.05, 0) is 109 Å². The number of nitrogens with zero attached hydrogens (tertiary/aromatic N) is 6. The van der Waals surface area contributed by atoms with Gasteiger partial charge >= 0.3 is 0 Å². The van der Waals surface area contributed by atoms with Crippen molar-refractivity contribution < 1.29 is 18.7 Å². The molecule has 4 aromatic heterocycles. The van der Waals surface area contributed by atoms with Gasteiger partial charge in [-0.2, -0.15) is 0 Å². The summed E-state index contributed by atoms with van der Waals surface area (Å²) in [6, 6.07) is 64.5. The molecule has 0 bridgehead atoms. The van der Waals surface area contributed by atoms with Crippen molar-refractivity contribution in [1.29, 1.82) is 0 Å². The third-order valence-corrected chi connectivity index (χ3v) is 11.2. The van der Waals surface area contributed by atoms with Crippen LogP contribution in [0.5, 0.6) is 11.5 Å². The van der Waals surface area contributed by atoms with E-state index in [0.29, 0.717) is 29.1 Å². The van der Waals surface area contributed by atoms with Crippen LogP contribution < -0.4 is 4.74 Å². The second kappa shape index (κ2) is 15.7. The molecule has 12 rings (SSSR count). The molecule has 0 atom stereocenters. The van der Waals surface area contributed by atoms with E-state index in [1.807, 2.05) is 54.6 Å². The standard InChI is InChI=1S/C27H19N3O2.C26H17N3O2/c1-31-21-8-6-7-19(17-21)27-29-28-26(32-27)18-13-15-20(16-14-18)30-24-11-4-2-9-22(24)23-10-3-5-12-25(23)30;30-20-7-5-6-18(16-20)26-28-27-25(31-26)17-12-14-19(15-13-17)29-23-10-3-1-8-21(23)22-9-2-4-11-24(22)29/h2-17H,1H3;1-16,30H. The van der Waals surface area contributed by atoms with Gasteiger partial charge in [0.15, 0.2) is 0 Å². The molecule has 12 aromatic rings. The number of ether oxygens (including phenoxy) is 1. The van der Waals surface area contributed by atoms with E-state index in [9.17, 15) is 5.11 Å². The molecular formula is C53H36N6O4. The fourth-order valence-electron chi connectivity index (χ4n) is 8.22. The quantitative estimate of drug-likeness (QED) is 0.169. The SMILES string of the molecule is COc1cccc(-c2nnc(-c3ccc(-n4c5ccccc5c5ccccc54)cc3)o2)c1.Oc1cccc(-c2nnc(-c3ccc(-n4c5ccccc5c5ccccc54)cc3)o2)c1. The van der Waals surface area contributed by atoms with Crippen LogP contribution in [0.3, 0.4) is 0 Å². The lowest BCUT2D eigenvalue weighted by Crippen LogP contribution is -1.93. The molecule has 4 heterocycles. The molecule has 63 heavy (non-hydrogen) atoms. The Morgan fingerprint density at radius 1 is 0.381 bits per heavy atom. The van der Waals surface area contributed by atoms with Crippen molar-refractivity contribution in [3.63, 3.8) is 0 Å². The highest BCUT2D eigenvalue weighted by atomic mass is 16.5. The van der Waals surface area contributed by atoms with E-state index in [1.54, 1.807) is 25.3 Å². The first-order valence-corrected chi connectivity index (χ1v) is 20.4. The van der Waals surface area contributed by atoms with Crippen molar-refractivity contribution in [2.45, 2.75) is 0 Å². The number of phenolic OH excluding ortho intramolecular Hbond substituents is 1. The fraction of sp³-hybridized carbons (Fsp3) is 0.0189. The Labute approximate surface area is 360 Å². The van der Waals surface area contributed by atoms with Crippen LogP contribution in [0, 0.1) is 0 Å². The first-order chi connectivity index (χ1) is 31.1. The number of hydrogen-bond donors (Lipinski definition) is 1. The molecule has 0 spiro atoms. The van der Waals surface area contributed by atoms with E-state index >= 15 is 0 Å². The number of phenols is 1. The van der Waals surface area contributed by atoms with Crippen LogP contribution in [-0.4, -0.2) is 41.7 Å². The van der Waals surface area contributed by atoms with Crippen LogP contribution >= 0.6 is 0 Å². The fourth-order valence-corrected chi connectivity index (χ4v) is 8.22. The zero-order chi connectivity index (χ0) is 42.3. The molecule has 0 saturated heterocycles. The van der Waals surface area contributed by atoms with Crippen LogP contribution in [0.15, 0.2) is 203 Å².